The van der Waals surface area contributed by atoms with Crippen molar-refractivity contribution < 1.29 is 23.5 Å². The molecule has 1 saturated heterocycles. The van der Waals surface area contributed by atoms with Crippen molar-refractivity contribution in [3.63, 3.8) is 0 Å². The van der Waals surface area contributed by atoms with E-state index in [0.29, 0.717) is 25.1 Å². The van der Waals surface area contributed by atoms with Gasteiger partial charge in [0.15, 0.2) is 6.10 Å². The second-order valence-electron chi connectivity index (χ2n) is 5.37. The highest BCUT2D eigenvalue weighted by molar-refractivity contribution is 5.86. The van der Waals surface area contributed by atoms with Crippen LogP contribution in [0.25, 0.3) is 0 Å². The summed E-state index contributed by atoms with van der Waals surface area (Å²) in [5, 5.41) is 2.78. The summed E-state index contributed by atoms with van der Waals surface area (Å²) in [6.07, 6.45) is -0.143. The number of carbonyl (C=O) groups excluding carboxylic acids is 2. The molecule has 2 amide bonds. The second kappa shape index (κ2) is 8.03. The van der Waals surface area contributed by atoms with Crippen LogP contribution in [0.2, 0.25) is 0 Å². The van der Waals surface area contributed by atoms with Crippen LogP contribution < -0.4 is 5.32 Å². The molecular formula is C16H21FN2O4. The van der Waals surface area contributed by atoms with Crippen molar-refractivity contribution >= 4 is 11.8 Å². The zero-order chi connectivity index (χ0) is 16.8. The second-order valence-corrected chi connectivity index (χ2v) is 5.37. The average molecular weight is 324 g/mol. The van der Waals surface area contributed by atoms with Crippen molar-refractivity contribution in [2.24, 2.45) is 0 Å². The number of hydrogen-bond acceptors (Lipinski definition) is 4. The van der Waals surface area contributed by atoms with Crippen LogP contribution in [0.5, 0.6) is 0 Å². The molecule has 0 aliphatic carbocycles. The number of likely N-dealkylation sites (N-methyl/N-ethyl adjacent to an activating group) is 1. The Labute approximate surface area is 134 Å². The van der Waals surface area contributed by atoms with Crippen molar-refractivity contribution in [2.75, 3.05) is 33.9 Å². The molecule has 1 aromatic carbocycles. The van der Waals surface area contributed by atoms with Gasteiger partial charge in [0, 0.05) is 27.3 Å². The molecule has 2 rings (SSSR count). The monoisotopic (exact) mass is 324 g/mol. The van der Waals surface area contributed by atoms with Crippen LogP contribution in [0.15, 0.2) is 24.3 Å². The highest BCUT2D eigenvalue weighted by atomic mass is 19.1. The smallest absolute Gasteiger partial charge is 0.251 e. The summed E-state index contributed by atoms with van der Waals surface area (Å²) in [5.74, 6) is -0.891. The quantitative estimate of drug-likeness (QED) is 0.789. The number of methoxy groups -OCH3 is 1. The minimum absolute atomic E-state index is 0.148. The molecule has 0 aromatic heterocycles. The Bertz CT molecular complexity index is 550. The van der Waals surface area contributed by atoms with Gasteiger partial charge in [-0.25, -0.2) is 4.39 Å². The lowest BCUT2D eigenvalue weighted by atomic mass is 9.97. The van der Waals surface area contributed by atoms with Crippen LogP contribution in [-0.2, 0) is 19.1 Å². The molecule has 1 aliphatic heterocycles. The molecule has 0 bridgehead atoms. The zero-order valence-corrected chi connectivity index (χ0v) is 13.3. The molecular weight excluding hydrogens is 303 g/mol. The largest absolute Gasteiger partial charge is 0.385 e. The molecule has 23 heavy (non-hydrogen) atoms. The van der Waals surface area contributed by atoms with Gasteiger partial charge in [0.1, 0.15) is 12.4 Å². The van der Waals surface area contributed by atoms with Gasteiger partial charge in [-0.3, -0.25) is 9.59 Å². The van der Waals surface area contributed by atoms with E-state index in [0.717, 1.165) is 0 Å². The average Bonchev–Trinajstić information content (AvgIpc) is 2.55. The molecule has 1 aliphatic rings. The van der Waals surface area contributed by atoms with Gasteiger partial charge in [-0.2, -0.15) is 0 Å². The normalized spacial score (nSPS) is 21.3. The maximum atomic E-state index is 13.1. The topological polar surface area (TPSA) is 67.9 Å². The molecule has 1 heterocycles. The minimum atomic E-state index is -0.828. The van der Waals surface area contributed by atoms with E-state index in [4.69, 9.17) is 9.47 Å². The first-order valence-corrected chi connectivity index (χ1v) is 7.44. The lowest BCUT2D eigenvalue weighted by Gasteiger charge is -2.38. The van der Waals surface area contributed by atoms with Crippen LogP contribution in [0.3, 0.4) is 0 Å². The van der Waals surface area contributed by atoms with E-state index < -0.39 is 12.1 Å². The van der Waals surface area contributed by atoms with Crippen LogP contribution in [-0.4, -0.2) is 56.7 Å². The number of morpholine rings is 1. The highest BCUT2D eigenvalue weighted by Crippen LogP contribution is 2.29. The SMILES string of the molecule is COCCCNC(=O)[C@@H]1OCC(=O)N(C)[C@@H]1c1ccc(F)cc1. The van der Waals surface area contributed by atoms with E-state index in [1.165, 1.54) is 17.0 Å². The number of carbonyl (C=O) groups is 2. The van der Waals surface area contributed by atoms with E-state index >= 15 is 0 Å². The summed E-state index contributed by atoms with van der Waals surface area (Å²) in [6.45, 7) is 0.857. The summed E-state index contributed by atoms with van der Waals surface area (Å²) in [7, 11) is 3.21. The molecule has 6 nitrogen and oxygen atoms in total. The van der Waals surface area contributed by atoms with Crippen molar-refractivity contribution in [3.8, 4) is 0 Å². The van der Waals surface area contributed by atoms with E-state index in [1.54, 1.807) is 26.3 Å². The fraction of sp³-hybridized carbons (Fsp3) is 0.500. The summed E-state index contributed by atoms with van der Waals surface area (Å²) < 4.78 is 23.5. The molecule has 1 aromatic rings. The van der Waals surface area contributed by atoms with Crippen molar-refractivity contribution in [3.05, 3.63) is 35.6 Å². The first-order valence-electron chi connectivity index (χ1n) is 7.44. The molecule has 0 spiro atoms. The predicted octanol–water partition coefficient (Wildman–Crippen LogP) is 0.877. The molecule has 0 radical (unpaired) electrons. The Kier molecular flexibility index (Phi) is 6.06. The highest BCUT2D eigenvalue weighted by Gasteiger charge is 2.39. The van der Waals surface area contributed by atoms with Gasteiger partial charge in [0.2, 0.25) is 5.91 Å². The molecule has 7 heteroatoms. The fourth-order valence-electron chi connectivity index (χ4n) is 2.52. The van der Waals surface area contributed by atoms with Gasteiger partial charge in [0.25, 0.3) is 5.91 Å². The lowest BCUT2D eigenvalue weighted by Crippen LogP contribution is -2.53. The maximum Gasteiger partial charge on any atom is 0.251 e. The van der Waals surface area contributed by atoms with Crippen molar-refractivity contribution in [1.29, 1.82) is 0 Å². The zero-order valence-electron chi connectivity index (χ0n) is 13.3. The Morgan fingerprint density at radius 2 is 2.13 bits per heavy atom. The van der Waals surface area contributed by atoms with E-state index in [2.05, 4.69) is 5.32 Å². The van der Waals surface area contributed by atoms with E-state index in [9.17, 15) is 14.0 Å². The summed E-state index contributed by atoms with van der Waals surface area (Å²) in [4.78, 5) is 25.7. The molecule has 2 atom stereocenters. The predicted molar refractivity (Wildman–Crippen MR) is 81.2 cm³/mol. The fourth-order valence-corrected chi connectivity index (χ4v) is 2.52. The van der Waals surface area contributed by atoms with Crippen LogP contribution in [0, 0.1) is 5.82 Å². The number of rotatable bonds is 6. The van der Waals surface area contributed by atoms with Crippen molar-refractivity contribution in [2.45, 2.75) is 18.6 Å². The minimum Gasteiger partial charge on any atom is -0.385 e. The molecule has 0 saturated carbocycles. The Balaban J connectivity index is 2.13. The molecule has 1 fully saturated rings. The molecule has 0 unspecified atom stereocenters. The summed E-state index contributed by atoms with van der Waals surface area (Å²) in [6, 6.07) is 5.14. The number of nitrogens with zero attached hydrogens (tertiary/aromatic N) is 1. The third-order valence-corrected chi connectivity index (χ3v) is 3.78. The number of hydrogen-bond donors (Lipinski definition) is 1. The lowest BCUT2D eigenvalue weighted by molar-refractivity contribution is -0.162. The van der Waals surface area contributed by atoms with Gasteiger partial charge in [-0.1, -0.05) is 12.1 Å². The molecule has 126 valence electrons. The van der Waals surface area contributed by atoms with Gasteiger partial charge in [-0.05, 0) is 24.1 Å². The summed E-state index contributed by atoms with van der Waals surface area (Å²) in [5.41, 5.74) is 0.652. The number of halogens is 1. The Hall–Kier alpha value is -1.99. The van der Waals surface area contributed by atoms with Gasteiger partial charge in [-0.15, -0.1) is 0 Å². The van der Waals surface area contributed by atoms with E-state index in [-0.39, 0.29) is 24.2 Å². The van der Waals surface area contributed by atoms with Crippen molar-refractivity contribution in [1.82, 2.24) is 10.2 Å². The summed E-state index contributed by atoms with van der Waals surface area (Å²) >= 11 is 0. The number of amides is 2. The Morgan fingerprint density at radius 3 is 2.78 bits per heavy atom. The van der Waals surface area contributed by atoms with Crippen LogP contribution in [0.4, 0.5) is 4.39 Å². The van der Waals surface area contributed by atoms with Crippen LogP contribution >= 0.6 is 0 Å². The maximum absolute atomic E-state index is 13.1. The first-order chi connectivity index (χ1) is 11.0. The van der Waals surface area contributed by atoms with Gasteiger partial charge >= 0.3 is 0 Å². The Morgan fingerprint density at radius 1 is 1.43 bits per heavy atom. The third kappa shape index (κ3) is 4.27. The molecule has 1 N–H and O–H groups in total. The third-order valence-electron chi connectivity index (χ3n) is 3.78. The van der Waals surface area contributed by atoms with Crippen LogP contribution in [0.1, 0.15) is 18.0 Å². The number of nitrogens with one attached hydrogen (secondary N) is 1. The van der Waals surface area contributed by atoms with Gasteiger partial charge in [0.05, 0.1) is 6.04 Å². The number of ether oxygens (including phenoxy) is 2. The first kappa shape index (κ1) is 17.4. The number of benzene rings is 1. The standard InChI is InChI=1S/C16H21FN2O4/c1-19-13(20)10-23-15(16(21)18-8-3-9-22-2)14(19)11-4-6-12(17)7-5-11/h4-7,14-15H,3,8-10H2,1-2H3,(H,18,21)/t14-,15-/m1/s1. The van der Waals surface area contributed by atoms with E-state index in [1.807, 2.05) is 0 Å². The van der Waals surface area contributed by atoms with Gasteiger partial charge < -0.3 is 19.7 Å².